The standard InChI is InChI=1S/C5H9NO2.Cu/c7-5(8)4-2-1-3-6-4;/h4,6H,1-3H2,(H,7,8);. The van der Waals surface area contributed by atoms with E-state index < -0.39 is 5.97 Å². The fourth-order valence-corrected chi connectivity index (χ4v) is 0.895. The predicted octanol–water partition coefficient (Wildman–Crippen LogP) is -0.179. The summed E-state index contributed by atoms with van der Waals surface area (Å²) in [7, 11) is 0. The zero-order valence-corrected chi connectivity index (χ0v) is 5.80. The van der Waals surface area contributed by atoms with Crippen molar-refractivity contribution in [1.82, 2.24) is 5.32 Å². The van der Waals surface area contributed by atoms with Gasteiger partial charge in [-0.05, 0) is 19.4 Å². The van der Waals surface area contributed by atoms with E-state index in [1.165, 1.54) is 0 Å². The van der Waals surface area contributed by atoms with E-state index in [-0.39, 0.29) is 23.1 Å². The number of rotatable bonds is 1. The van der Waals surface area contributed by atoms with Crippen LogP contribution in [0.2, 0.25) is 0 Å². The van der Waals surface area contributed by atoms with E-state index in [9.17, 15) is 4.79 Å². The summed E-state index contributed by atoms with van der Waals surface area (Å²) in [6, 6.07) is -0.269. The zero-order chi connectivity index (χ0) is 5.98. The van der Waals surface area contributed by atoms with E-state index in [1.807, 2.05) is 0 Å². The molecule has 0 bridgehead atoms. The maximum absolute atomic E-state index is 10.1. The summed E-state index contributed by atoms with van der Waals surface area (Å²) in [5.74, 6) is -0.720. The molecule has 1 heterocycles. The van der Waals surface area contributed by atoms with Crippen LogP contribution in [0.1, 0.15) is 12.8 Å². The molecule has 9 heavy (non-hydrogen) atoms. The first kappa shape index (κ1) is 8.95. The third-order valence-electron chi connectivity index (χ3n) is 1.36. The molecule has 0 saturated carbocycles. The fraction of sp³-hybridized carbons (Fsp3) is 0.800. The molecule has 3 nitrogen and oxygen atoms in total. The summed E-state index contributed by atoms with van der Waals surface area (Å²) in [5.41, 5.74) is 0. The van der Waals surface area contributed by atoms with Crippen LogP contribution >= 0.6 is 0 Å². The van der Waals surface area contributed by atoms with Gasteiger partial charge in [0.2, 0.25) is 0 Å². The maximum Gasteiger partial charge on any atom is 0.320 e. The second kappa shape index (κ2) is 3.88. The normalized spacial score (nSPS) is 25.1. The van der Waals surface area contributed by atoms with Gasteiger partial charge in [-0.1, -0.05) is 0 Å². The quantitative estimate of drug-likeness (QED) is 0.548. The Balaban J connectivity index is 0.000000640. The van der Waals surface area contributed by atoms with Crippen molar-refractivity contribution in [3.8, 4) is 0 Å². The Morgan fingerprint density at radius 2 is 2.33 bits per heavy atom. The molecule has 1 radical (unpaired) electrons. The Hall–Kier alpha value is -0.0505. The summed E-state index contributed by atoms with van der Waals surface area (Å²) >= 11 is 0. The minimum Gasteiger partial charge on any atom is -0.480 e. The Morgan fingerprint density at radius 1 is 1.67 bits per heavy atom. The van der Waals surface area contributed by atoms with Gasteiger partial charge in [0.15, 0.2) is 0 Å². The molecule has 1 atom stereocenters. The topological polar surface area (TPSA) is 49.3 Å². The van der Waals surface area contributed by atoms with Gasteiger partial charge in [-0.25, -0.2) is 0 Å². The van der Waals surface area contributed by atoms with Crippen molar-refractivity contribution in [1.29, 1.82) is 0 Å². The molecule has 0 amide bonds. The predicted molar refractivity (Wildman–Crippen MR) is 28.7 cm³/mol. The number of carboxylic acids is 1. The van der Waals surface area contributed by atoms with Crippen LogP contribution in [0.25, 0.3) is 0 Å². The molecule has 0 aliphatic carbocycles. The first-order valence-electron chi connectivity index (χ1n) is 2.77. The van der Waals surface area contributed by atoms with Crippen LogP contribution in [0, 0.1) is 0 Å². The van der Waals surface area contributed by atoms with Gasteiger partial charge in [-0.15, -0.1) is 0 Å². The molecule has 1 aliphatic heterocycles. The van der Waals surface area contributed by atoms with Crippen molar-refractivity contribution in [2.24, 2.45) is 0 Å². The SMILES string of the molecule is O=C(O)C1CCCN1.[Cu]. The maximum atomic E-state index is 10.1. The van der Waals surface area contributed by atoms with E-state index in [0.29, 0.717) is 0 Å². The Kier molecular flexibility index (Phi) is 3.86. The van der Waals surface area contributed by atoms with Crippen LogP contribution in [0.5, 0.6) is 0 Å². The molecule has 4 heteroatoms. The largest absolute Gasteiger partial charge is 0.480 e. The van der Waals surface area contributed by atoms with Crippen molar-refractivity contribution in [3.05, 3.63) is 0 Å². The molecular formula is C5H9CuNO2. The van der Waals surface area contributed by atoms with Crippen molar-refractivity contribution in [2.75, 3.05) is 6.54 Å². The average Bonchev–Trinajstić information content (AvgIpc) is 2.12. The molecule has 1 fully saturated rings. The van der Waals surface area contributed by atoms with Gasteiger partial charge in [-0.2, -0.15) is 0 Å². The van der Waals surface area contributed by atoms with Crippen LogP contribution in [-0.2, 0) is 21.9 Å². The van der Waals surface area contributed by atoms with E-state index in [4.69, 9.17) is 5.11 Å². The average molecular weight is 179 g/mol. The Labute approximate surface area is 64.3 Å². The van der Waals surface area contributed by atoms with Gasteiger partial charge >= 0.3 is 5.97 Å². The van der Waals surface area contributed by atoms with Crippen LogP contribution in [0.4, 0.5) is 0 Å². The molecule has 1 rings (SSSR count). The molecule has 0 spiro atoms. The van der Waals surface area contributed by atoms with Crippen molar-refractivity contribution >= 4 is 5.97 Å². The van der Waals surface area contributed by atoms with Crippen LogP contribution < -0.4 is 5.32 Å². The first-order valence-corrected chi connectivity index (χ1v) is 2.77. The Bertz CT molecular complexity index is 101. The number of hydrogen-bond donors (Lipinski definition) is 2. The van der Waals surface area contributed by atoms with Gasteiger partial charge < -0.3 is 10.4 Å². The van der Waals surface area contributed by atoms with E-state index >= 15 is 0 Å². The van der Waals surface area contributed by atoms with Crippen LogP contribution in [-0.4, -0.2) is 23.7 Å². The van der Waals surface area contributed by atoms with Crippen LogP contribution in [0.3, 0.4) is 0 Å². The summed E-state index contributed by atoms with van der Waals surface area (Å²) in [6.45, 7) is 0.858. The summed E-state index contributed by atoms with van der Waals surface area (Å²) in [5, 5.41) is 11.2. The van der Waals surface area contributed by atoms with Gasteiger partial charge in [-0.3, -0.25) is 4.79 Å². The van der Waals surface area contributed by atoms with Crippen molar-refractivity contribution in [2.45, 2.75) is 18.9 Å². The van der Waals surface area contributed by atoms with Crippen LogP contribution in [0.15, 0.2) is 0 Å². The second-order valence-electron chi connectivity index (χ2n) is 1.99. The minimum absolute atomic E-state index is 0. The van der Waals surface area contributed by atoms with E-state index in [1.54, 1.807) is 0 Å². The summed E-state index contributed by atoms with van der Waals surface area (Å²) < 4.78 is 0. The molecule has 0 aromatic carbocycles. The monoisotopic (exact) mass is 178 g/mol. The molecule has 0 aromatic rings. The molecule has 1 aliphatic rings. The summed E-state index contributed by atoms with van der Waals surface area (Å²) in [4.78, 5) is 10.1. The van der Waals surface area contributed by atoms with E-state index in [0.717, 1.165) is 19.4 Å². The third-order valence-corrected chi connectivity index (χ3v) is 1.36. The molecule has 2 N–H and O–H groups in total. The zero-order valence-electron chi connectivity index (χ0n) is 4.86. The molecule has 1 saturated heterocycles. The number of carboxylic acid groups (broad SMARTS) is 1. The number of aliphatic carboxylic acids is 1. The Morgan fingerprint density at radius 3 is 2.56 bits per heavy atom. The first-order chi connectivity index (χ1) is 3.80. The molecular weight excluding hydrogens is 170 g/mol. The molecule has 0 aromatic heterocycles. The van der Waals surface area contributed by atoms with E-state index in [2.05, 4.69) is 5.32 Å². The number of nitrogens with one attached hydrogen (secondary N) is 1. The van der Waals surface area contributed by atoms with Gasteiger partial charge in [0.1, 0.15) is 6.04 Å². The third kappa shape index (κ3) is 2.35. The fourth-order valence-electron chi connectivity index (χ4n) is 0.895. The van der Waals surface area contributed by atoms with Crippen molar-refractivity contribution < 1.29 is 27.0 Å². The van der Waals surface area contributed by atoms with Gasteiger partial charge in [0.05, 0.1) is 0 Å². The molecule has 57 valence electrons. The molecule has 1 unspecified atom stereocenters. The number of carbonyl (C=O) groups is 1. The van der Waals surface area contributed by atoms with Gasteiger partial charge in [0.25, 0.3) is 0 Å². The summed E-state index contributed by atoms with van der Waals surface area (Å²) in [6.07, 6.45) is 1.78. The van der Waals surface area contributed by atoms with Crippen molar-refractivity contribution in [3.63, 3.8) is 0 Å². The van der Waals surface area contributed by atoms with Gasteiger partial charge in [0, 0.05) is 17.1 Å². The number of hydrogen-bond acceptors (Lipinski definition) is 2. The second-order valence-corrected chi connectivity index (χ2v) is 1.99. The minimum atomic E-state index is -0.720. The smallest absolute Gasteiger partial charge is 0.320 e.